The molecule has 0 spiro atoms. The molecule has 8 rings (SSSR count). The monoisotopic (exact) mass is 910 g/mol. The Bertz CT molecular complexity index is 2400. The van der Waals surface area contributed by atoms with Crippen molar-refractivity contribution in [1.29, 1.82) is 0 Å². The summed E-state index contributed by atoms with van der Waals surface area (Å²) in [4.78, 5) is 96.6. The maximum atomic E-state index is 13.9. The van der Waals surface area contributed by atoms with E-state index in [-0.39, 0.29) is 49.3 Å². The lowest BCUT2D eigenvalue weighted by atomic mass is 9.87. The number of hydrogen-bond acceptors (Lipinski definition) is 13. The summed E-state index contributed by atoms with van der Waals surface area (Å²) in [6.45, 7) is 5.86. The number of carbonyl (C=O) groups is 6. The van der Waals surface area contributed by atoms with E-state index in [2.05, 4.69) is 35.4 Å². The molecule has 4 aliphatic heterocycles. The van der Waals surface area contributed by atoms with Gasteiger partial charge in [0, 0.05) is 70.1 Å². The SMILES string of the molecule is NC1(C(=O)N[C@@H](CCN2CCN(C(=O)CCOCCOCCCc3cccc4c3C(=O)N(C3CCC(=O)NC3=O)C4=O)CC2)c2ccc(Cl)cc2)CCN(c2ncnc3[nH]ccc23)CC1. The molecule has 0 radical (unpaired) electrons. The number of nitrogens with two attached hydrogens (primary N) is 1. The number of H-pyrrole nitrogens is 1. The van der Waals surface area contributed by atoms with Crippen LogP contribution in [0.15, 0.2) is 61.1 Å². The van der Waals surface area contributed by atoms with E-state index in [1.54, 1.807) is 24.5 Å². The molecule has 19 heteroatoms. The van der Waals surface area contributed by atoms with Gasteiger partial charge in [0.15, 0.2) is 0 Å². The number of carbonyl (C=O) groups excluding carboxylic acids is 6. The minimum atomic E-state index is -1.03. The van der Waals surface area contributed by atoms with E-state index in [1.165, 1.54) is 0 Å². The molecule has 4 aromatic rings. The van der Waals surface area contributed by atoms with Crippen LogP contribution in [0.25, 0.3) is 11.0 Å². The van der Waals surface area contributed by atoms with Gasteiger partial charge in [-0.15, -0.1) is 0 Å². The molecule has 2 aromatic carbocycles. The van der Waals surface area contributed by atoms with E-state index in [9.17, 15) is 28.8 Å². The molecule has 65 heavy (non-hydrogen) atoms. The van der Waals surface area contributed by atoms with Gasteiger partial charge >= 0.3 is 0 Å². The highest BCUT2D eigenvalue weighted by Crippen LogP contribution is 2.32. The zero-order valence-electron chi connectivity index (χ0n) is 36.3. The first-order chi connectivity index (χ1) is 31.5. The number of imide groups is 2. The van der Waals surface area contributed by atoms with Crippen molar-refractivity contribution < 1.29 is 38.2 Å². The lowest BCUT2D eigenvalue weighted by molar-refractivity contribution is -0.136. The van der Waals surface area contributed by atoms with Crippen LogP contribution in [0.5, 0.6) is 0 Å². The second-order valence-electron chi connectivity index (χ2n) is 17.0. The highest BCUT2D eigenvalue weighted by molar-refractivity contribution is 6.30. The van der Waals surface area contributed by atoms with Gasteiger partial charge in [-0.25, -0.2) is 9.97 Å². The molecule has 0 aliphatic carbocycles. The van der Waals surface area contributed by atoms with Crippen LogP contribution >= 0.6 is 11.6 Å². The average molecular weight is 911 g/mol. The molecule has 2 aromatic heterocycles. The zero-order chi connectivity index (χ0) is 45.5. The molecule has 0 saturated carbocycles. The quantitative estimate of drug-likeness (QED) is 0.0834. The summed E-state index contributed by atoms with van der Waals surface area (Å²) in [6, 6.07) is 13.3. The first-order valence-corrected chi connectivity index (χ1v) is 22.7. The Morgan fingerprint density at radius 2 is 1.66 bits per heavy atom. The van der Waals surface area contributed by atoms with Crippen LogP contribution in [0.3, 0.4) is 0 Å². The van der Waals surface area contributed by atoms with Gasteiger partial charge in [0.1, 0.15) is 23.8 Å². The number of benzene rings is 2. The Kier molecular flexibility index (Phi) is 14.5. The van der Waals surface area contributed by atoms with E-state index >= 15 is 0 Å². The third-order valence-electron chi connectivity index (χ3n) is 12.9. The van der Waals surface area contributed by atoms with Crippen molar-refractivity contribution in [3.8, 4) is 0 Å². The zero-order valence-corrected chi connectivity index (χ0v) is 37.0. The van der Waals surface area contributed by atoms with Gasteiger partial charge in [-0.05, 0) is 73.9 Å². The lowest BCUT2D eigenvalue weighted by Crippen LogP contribution is -2.60. The van der Waals surface area contributed by atoms with Gasteiger partial charge in [0.25, 0.3) is 11.8 Å². The lowest BCUT2D eigenvalue weighted by Gasteiger charge is -2.39. The highest BCUT2D eigenvalue weighted by Gasteiger charge is 2.45. The van der Waals surface area contributed by atoms with Crippen LogP contribution in [-0.4, -0.2) is 149 Å². The number of anilines is 1. The van der Waals surface area contributed by atoms with Crippen LogP contribution in [-0.2, 0) is 35.1 Å². The molecule has 5 N–H and O–H groups in total. The summed E-state index contributed by atoms with van der Waals surface area (Å²) in [6.07, 6.45) is 6.51. The van der Waals surface area contributed by atoms with Crippen LogP contribution in [0.2, 0.25) is 5.02 Å². The fourth-order valence-corrected chi connectivity index (χ4v) is 9.23. The number of rotatable bonds is 18. The minimum absolute atomic E-state index is 0.0352. The maximum absolute atomic E-state index is 13.9. The van der Waals surface area contributed by atoms with Gasteiger partial charge in [-0.3, -0.25) is 43.9 Å². The molecule has 3 saturated heterocycles. The summed E-state index contributed by atoms with van der Waals surface area (Å²) in [5.41, 5.74) is 8.77. The smallest absolute Gasteiger partial charge is 0.262 e. The number of nitrogens with zero attached hydrogens (tertiary/aromatic N) is 6. The van der Waals surface area contributed by atoms with Gasteiger partial charge < -0.3 is 35.3 Å². The molecule has 2 atom stereocenters. The molecule has 4 aliphatic rings. The van der Waals surface area contributed by atoms with Crippen molar-refractivity contribution in [2.24, 2.45) is 5.73 Å². The summed E-state index contributed by atoms with van der Waals surface area (Å²) in [7, 11) is 0. The van der Waals surface area contributed by atoms with Crippen LogP contribution in [0.4, 0.5) is 5.82 Å². The first-order valence-electron chi connectivity index (χ1n) is 22.4. The van der Waals surface area contributed by atoms with E-state index < -0.39 is 35.2 Å². The average Bonchev–Trinajstić information content (AvgIpc) is 3.90. The second-order valence-corrected chi connectivity index (χ2v) is 17.5. The molecule has 6 heterocycles. The van der Waals surface area contributed by atoms with Gasteiger partial charge in [0.2, 0.25) is 23.6 Å². The molecule has 18 nitrogen and oxygen atoms in total. The second kappa shape index (κ2) is 20.6. The normalized spacial score (nSPS) is 19.4. The number of fused-ring (bicyclic) bond motifs is 2. The number of piperazine rings is 1. The van der Waals surface area contributed by atoms with Crippen molar-refractivity contribution in [2.45, 2.75) is 69.0 Å². The van der Waals surface area contributed by atoms with Crippen molar-refractivity contribution in [2.75, 3.05) is 77.1 Å². The van der Waals surface area contributed by atoms with Gasteiger partial charge in [-0.1, -0.05) is 35.9 Å². The van der Waals surface area contributed by atoms with Crippen LogP contribution in [0, 0.1) is 0 Å². The number of nitrogens with one attached hydrogen (secondary N) is 3. The van der Waals surface area contributed by atoms with Crippen molar-refractivity contribution in [1.82, 2.24) is 40.3 Å². The largest absolute Gasteiger partial charge is 0.379 e. The number of amides is 6. The van der Waals surface area contributed by atoms with Crippen molar-refractivity contribution in [3.05, 3.63) is 88.3 Å². The number of aryl methyl sites for hydroxylation is 1. The summed E-state index contributed by atoms with van der Waals surface area (Å²) in [5.74, 6) is -1.41. The molecule has 1 unspecified atom stereocenters. The fourth-order valence-electron chi connectivity index (χ4n) is 9.10. The number of ether oxygens (including phenoxy) is 2. The minimum Gasteiger partial charge on any atom is -0.379 e. The number of aromatic nitrogens is 3. The Hall–Kier alpha value is -5.79. The molecule has 0 bridgehead atoms. The predicted octanol–water partition coefficient (Wildman–Crippen LogP) is 2.76. The molecule has 6 amide bonds. The highest BCUT2D eigenvalue weighted by atomic mass is 35.5. The third-order valence-corrected chi connectivity index (χ3v) is 13.2. The first kappa shape index (κ1) is 45.8. The number of aromatic amines is 1. The Balaban J connectivity index is 0.715. The number of piperidine rings is 2. The standard InChI is InChI=1S/C46H55ClN10O8/c47-32-8-6-30(7-9-32)35(52-45(63)46(48)15-19-56(20-16-46)41-34-12-17-49-40(34)50-29-51-41)13-18-54-21-23-55(24-22-54)38(59)14-26-65-28-27-64-25-2-4-31-3-1-5-33-39(31)44(62)57(43(33)61)36-10-11-37(58)53-42(36)60/h1,3,5-9,12,17,29,35-36H,2,4,10-11,13-16,18-28,48H2,(H,52,63)(H,49,50,51)(H,53,58,60)/t35-,36?/m0/s1. The molecular formula is C46H55ClN10O8. The van der Waals surface area contributed by atoms with E-state index in [4.69, 9.17) is 26.8 Å². The number of halogens is 1. The number of hydrogen-bond donors (Lipinski definition) is 4. The Morgan fingerprint density at radius 3 is 2.42 bits per heavy atom. The Labute approximate surface area is 381 Å². The summed E-state index contributed by atoms with van der Waals surface area (Å²) >= 11 is 6.22. The van der Waals surface area contributed by atoms with Gasteiger partial charge in [0.05, 0.1) is 54.3 Å². The summed E-state index contributed by atoms with van der Waals surface area (Å²) in [5, 5.41) is 7.05. The van der Waals surface area contributed by atoms with E-state index in [0.717, 1.165) is 33.9 Å². The predicted molar refractivity (Wildman–Crippen MR) is 240 cm³/mol. The van der Waals surface area contributed by atoms with Crippen molar-refractivity contribution >= 4 is 63.9 Å². The summed E-state index contributed by atoms with van der Waals surface area (Å²) < 4.78 is 11.4. The molecule has 3 fully saturated rings. The van der Waals surface area contributed by atoms with Crippen LogP contribution in [0.1, 0.15) is 82.8 Å². The van der Waals surface area contributed by atoms with Gasteiger partial charge in [-0.2, -0.15) is 0 Å². The maximum Gasteiger partial charge on any atom is 0.262 e. The fraction of sp³-hybridized carbons (Fsp3) is 0.478. The van der Waals surface area contributed by atoms with Crippen molar-refractivity contribution in [3.63, 3.8) is 0 Å². The third kappa shape index (κ3) is 10.5. The topological polar surface area (TPSA) is 225 Å². The Morgan fingerprint density at radius 1 is 0.908 bits per heavy atom. The molecule has 344 valence electrons. The van der Waals surface area contributed by atoms with E-state index in [1.807, 2.05) is 41.4 Å². The van der Waals surface area contributed by atoms with Crippen LogP contribution < -0.4 is 21.3 Å². The molecular weight excluding hydrogens is 856 g/mol. The van der Waals surface area contributed by atoms with E-state index in [0.29, 0.717) is 107 Å².